The number of imidazole rings is 1. The van der Waals surface area contributed by atoms with E-state index in [4.69, 9.17) is 11.6 Å². The molecule has 0 radical (unpaired) electrons. The summed E-state index contributed by atoms with van der Waals surface area (Å²) in [5.74, 6) is 0.659. The minimum absolute atomic E-state index is 0.221. The molecule has 21 heavy (non-hydrogen) atoms. The first-order chi connectivity index (χ1) is 10.0. The number of halogens is 2. The van der Waals surface area contributed by atoms with E-state index < -0.39 is 0 Å². The Morgan fingerprint density at radius 1 is 1.43 bits per heavy atom. The molecule has 0 aromatic carbocycles. The van der Waals surface area contributed by atoms with E-state index in [0.717, 1.165) is 15.0 Å². The number of thiophene rings is 1. The number of rotatable bonds is 4. The van der Waals surface area contributed by atoms with Gasteiger partial charge in [-0.2, -0.15) is 9.97 Å². The van der Waals surface area contributed by atoms with Gasteiger partial charge in [0.25, 0.3) is 0 Å². The Morgan fingerprint density at radius 2 is 2.24 bits per heavy atom. The van der Waals surface area contributed by atoms with Crippen LogP contribution in [-0.4, -0.2) is 19.5 Å². The zero-order chi connectivity index (χ0) is 15.0. The quantitative estimate of drug-likeness (QED) is 0.671. The van der Waals surface area contributed by atoms with Crippen LogP contribution in [-0.2, 0) is 6.54 Å². The van der Waals surface area contributed by atoms with Gasteiger partial charge in [-0.05, 0) is 58.4 Å². The highest BCUT2D eigenvalue weighted by molar-refractivity contribution is 9.11. The summed E-state index contributed by atoms with van der Waals surface area (Å²) < 4.78 is 3.09. The van der Waals surface area contributed by atoms with E-state index in [9.17, 15) is 0 Å². The minimum Gasteiger partial charge on any atom is -0.364 e. The number of hydrogen-bond donors (Lipinski definition) is 1. The molecule has 3 rings (SSSR count). The molecule has 3 aromatic heterocycles. The third-order valence-electron chi connectivity index (χ3n) is 3.03. The lowest BCUT2D eigenvalue weighted by atomic mass is 10.3. The highest BCUT2D eigenvalue weighted by Gasteiger charge is 2.14. The predicted molar refractivity (Wildman–Crippen MR) is 90.1 cm³/mol. The standard InChI is InChI=1S/C13H13BrClN5S/c1-7(2)20-6-17-10-11(18-13(15)19-12(10)20)16-4-8-3-9(14)21-5-8/h3,5-7H,4H2,1-2H3,(H,16,18,19). The van der Waals surface area contributed by atoms with Crippen LogP contribution in [0.25, 0.3) is 11.2 Å². The Bertz CT molecular complexity index is 782. The number of nitrogens with one attached hydrogen (secondary N) is 1. The van der Waals surface area contributed by atoms with Crippen LogP contribution < -0.4 is 5.32 Å². The van der Waals surface area contributed by atoms with Crippen molar-refractivity contribution < 1.29 is 0 Å². The molecule has 110 valence electrons. The van der Waals surface area contributed by atoms with Gasteiger partial charge in [-0.15, -0.1) is 11.3 Å². The number of anilines is 1. The maximum Gasteiger partial charge on any atom is 0.226 e. The molecular weight excluding hydrogens is 374 g/mol. The summed E-state index contributed by atoms with van der Waals surface area (Å²) in [7, 11) is 0. The third kappa shape index (κ3) is 3.04. The lowest BCUT2D eigenvalue weighted by Crippen LogP contribution is -2.04. The average molecular weight is 387 g/mol. The van der Waals surface area contributed by atoms with Crippen molar-refractivity contribution in [3.8, 4) is 0 Å². The molecule has 0 spiro atoms. The van der Waals surface area contributed by atoms with Crippen molar-refractivity contribution in [3.63, 3.8) is 0 Å². The van der Waals surface area contributed by atoms with Gasteiger partial charge in [0.05, 0.1) is 10.1 Å². The monoisotopic (exact) mass is 385 g/mol. The molecule has 5 nitrogen and oxygen atoms in total. The van der Waals surface area contributed by atoms with Crippen LogP contribution in [0, 0.1) is 0 Å². The molecule has 0 saturated heterocycles. The van der Waals surface area contributed by atoms with Crippen molar-refractivity contribution in [2.75, 3.05) is 5.32 Å². The van der Waals surface area contributed by atoms with Crippen molar-refractivity contribution in [1.82, 2.24) is 19.5 Å². The van der Waals surface area contributed by atoms with E-state index in [1.807, 2.05) is 4.57 Å². The SMILES string of the molecule is CC(C)n1cnc2c(NCc3csc(Br)c3)nc(Cl)nc21. The second-order valence-corrected chi connectivity index (χ2v) is 7.50. The fourth-order valence-corrected chi connectivity index (χ4v) is 3.39. The Balaban J connectivity index is 1.94. The van der Waals surface area contributed by atoms with Crippen LogP contribution in [0.2, 0.25) is 5.28 Å². The fourth-order valence-electron chi connectivity index (χ4n) is 2.02. The Kier molecular flexibility index (Phi) is 4.14. The van der Waals surface area contributed by atoms with Crippen molar-refractivity contribution in [2.24, 2.45) is 0 Å². The Labute approximate surface area is 139 Å². The summed E-state index contributed by atoms with van der Waals surface area (Å²) in [5.41, 5.74) is 2.67. The van der Waals surface area contributed by atoms with Crippen molar-refractivity contribution in [3.05, 3.63) is 32.4 Å². The summed E-state index contributed by atoms with van der Waals surface area (Å²) in [4.78, 5) is 12.9. The summed E-state index contributed by atoms with van der Waals surface area (Å²) in [6, 6.07) is 2.34. The highest BCUT2D eigenvalue weighted by atomic mass is 79.9. The van der Waals surface area contributed by atoms with Gasteiger partial charge in [0, 0.05) is 12.6 Å². The van der Waals surface area contributed by atoms with Gasteiger partial charge in [-0.1, -0.05) is 0 Å². The van der Waals surface area contributed by atoms with E-state index in [-0.39, 0.29) is 11.3 Å². The van der Waals surface area contributed by atoms with E-state index in [1.54, 1.807) is 17.7 Å². The van der Waals surface area contributed by atoms with Crippen LogP contribution in [0.5, 0.6) is 0 Å². The highest BCUT2D eigenvalue weighted by Crippen LogP contribution is 2.25. The third-order valence-corrected chi connectivity index (χ3v) is 4.75. The maximum atomic E-state index is 6.03. The van der Waals surface area contributed by atoms with Gasteiger partial charge in [-0.25, -0.2) is 4.98 Å². The second kappa shape index (κ2) is 5.90. The molecule has 1 N–H and O–H groups in total. The first-order valence-electron chi connectivity index (χ1n) is 6.41. The van der Waals surface area contributed by atoms with Crippen molar-refractivity contribution in [1.29, 1.82) is 0 Å². The summed E-state index contributed by atoms with van der Waals surface area (Å²) in [6.45, 7) is 4.82. The van der Waals surface area contributed by atoms with E-state index in [0.29, 0.717) is 12.4 Å². The smallest absolute Gasteiger partial charge is 0.226 e. The van der Waals surface area contributed by atoms with E-state index >= 15 is 0 Å². The lowest BCUT2D eigenvalue weighted by Gasteiger charge is -2.09. The zero-order valence-electron chi connectivity index (χ0n) is 11.5. The number of nitrogens with zero attached hydrogens (tertiary/aromatic N) is 4. The fraction of sp³-hybridized carbons (Fsp3) is 0.308. The van der Waals surface area contributed by atoms with Gasteiger partial charge in [0.15, 0.2) is 17.0 Å². The van der Waals surface area contributed by atoms with Crippen LogP contribution in [0.3, 0.4) is 0 Å². The molecule has 0 amide bonds. The van der Waals surface area contributed by atoms with Crippen LogP contribution in [0.1, 0.15) is 25.5 Å². The summed E-state index contributed by atoms with van der Waals surface area (Å²) >= 11 is 11.1. The molecule has 8 heteroatoms. The molecule has 3 heterocycles. The molecule has 0 aliphatic rings. The Hall–Kier alpha value is -1.18. The van der Waals surface area contributed by atoms with Crippen molar-refractivity contribution in [2.45, 2.75) is 26.4 Å². The maximum absolute atomic E-state index is 6.03. The number of aromatic nitrogens is 4. The largest absolute Gasteiger partial charge is 0.364 e. The first kappa shape index (κ1) is 14.7. The lowest BCUT2D eigenvalue weighted by molar-refractivity contribution is 0.612. The number of fused-ring (bicyclic) bond motifs is 1. The average Bonchev–Trinajstić information content (AvgIpc) is 3.02. The van der Waals surface area contributed by atoms with E-state index in [1.165, 1.54) is 5.56 Å². The van der Waals surface area contributed by atoms with Crippen LogP contribution in [0.4, 0.5) is 5.82 Å². The molecule has 0 unspecified atom stereocenters. The van der Waals surface area contributed by atoms with Crippen molar-refractivity contribution >= 4 is 55.8 Å². The van der Waals surface area contributed by atoms with Gasteiger partial charge in [-0.3, -0.25) is 0 Å². The Morgan fingerprint density at radius 3 is 2.90 bits per heavy atom. The topological polar surface area (TPSA) is 55.6 Å². The molecular formula is C13H13BrClN5S. The summed E-state index contributed by atoms with van der Waals surface area (Å²) in [5, 5.41) is 5.59. The van der Waals surface area contributed by atoms with Crippen LogP contribution in [0.15, 0.2) is 21.6 Å². The molecule has 0 saturated carbocycles. The molecule has 0 bridgehead atoms. The van der Waals surface area contributed by atoms with Gasteiger partial charge in [0.2, 0.25) is 5.28 Å². The summed E-state index contributed by atoms with van der Waals surface area (Å²) in [6.07, 6.45) is 1.77. The molecule has 3 aromatic rings. The van der Waals surface area contributed by atoms with Gasteiger partial charge >= 0.3 is 0 Å². The molecule has 0 fully saturated rings. The van der Waals surface area contributed by atoms with Gasteiger partial charge in [0.1, 0.15) is 0 Å². The second-order valence-electron chi connectivity index (χ2n) is 4.87. The first-order valence-corrected chi connectivity index (χ1v) is 8.46. The predicted octanol–water partition coefficient (Wildman–Crippen LogP) is 4.50. The normalized spacial score (nSPS) is 11.5. The van der Waals surface area contributed by atoms with E-state index in [2.05, 4.69) is 61.5 Å². The molecule has 0 aliphatic heterocycles. The zero-order valence-corrected chi connectivity index (χ0v) is 14.6. The number of hydrogen-bond acceptors (Lipinski definition) is 5. The van der Waals surface area contributed by atoms with Gasteiger partial charge < -0.3 is 9.88 Å². The minimum atomic E-state index is 0.221. The molecule has 0 atom stereocenters. The molecule has 0 aliphatic carbocycles. The van der Waals surface area contributed by atoms with Crippen LogP contribution >= 0.6 is 38.9 Å².